The number of carbonyl (C=O) groups is 1. The van der Waals surface area contributed by atoms with Crippen molar-refractivity contribution in [1.82, 2.24) is 20.1 Å². The fourth-order valence-electron chi connectivity index (χ4n) is 2.59. The topological polar surface area (TPSA) is 74.2 Å². The molecule has 1 aliphatic heterocycles. The van der Waals surface area contributed by atoms with E-state index in [1.807, 2.05) is 5.51 Å². The van der Waals surface area contributed by atoms with E-state index in [1.54, 1.807) is 11.3 Å². The highest BCUT2D eigenvalue weighted by Gasteiger charge is 2.20. The summed E-state index contributed by atoms with van der Waals surface area (Å²) < 4.78 is 0. The first-order valence-corrected chi connectivity index (χ1v) is 9.50. The summed E-state index contributed by atoms with van der Waals surface area (Å²) in [5.41, 5.74) is 4.21. The molecule has 0 atom stereocenters. The Morgan fingerprint density at radius 2 is 2.08 bits per heavy atom. The molecule has 2 aromatic heterocycles. The van der Waals surface area contributed by atoms with Crippen LogP contribution >= 0.6 is 22.7 Å². The largest absolute Gasteiger partial charge is 0.344 e. The molecule has 0 bridgehead atoms. The van der Waals surface area contributed by atoms with Gasteiger partial charge < -0.3 is 10.2 Å². The summed E-state index contributed by atoms with van der Waals surface area (Å²) in [6, 6.07) is 0. The number of hydrogen-bond acceptors (Lipinski definition) is 8. The van der Waals surface area contributed by atoms with Gasteiger partial charge in [0.15, 0.2) is 0 Å². The van der Waals surface area contributed by atoms with Gasteiger partial charge in [0.2, 0.25) is 16.2 Å². The molecular formula is C15H20N6OS2. The third-order valence-corrected chi connectivity index (χ3v) is 5.16. The van der Waals surface area contributed by atoms with Crippen molar-refractivity contribution in [3.63, 3.8) is 0 Å². The van der Waals surface area contributed by atoms with Gasteiger partial charge in [0.05, 0.1) is 11.2 Å². The number of hydrogen-bond donors (Lipinski definition) is 1. The minimum Gasteiger partial charge on any atom is -0.344 e. The van der Waals surface area contributed by atoms with Crippen molar-refractivity contribution < 1.29 is 4.79 Å². The van der Waals surface area contributed by atoms with Crippen LogP contribution in [0.2, 0.25) is 0 Å². The second-order valence-electron chi connectivity index (χ2n) is 5.74. The van der Waals surface area contributed by atoms with Gasteiger partial charge >= 0.3 is 0 Å². The van der Waals surface area contributed by atoms with E-state index in [0.29, 0.717) is 5.13 Å². The Balaban J connectivity index is 1.50. The van der Waals surface area contributed by atoms with Crippen molar-refractivity contribution in [2.24, 2.45) is 0 Å². The molecule has 3 rings (SSSR count). The Kier molecular flexibility index (Phi) is 5.54. The third-order valence-electron chi connectivity index (χ3n) is 3.66. The van der Waals surface area contributed by atoms with Gasteiger partial charge in [-0.15, -0.1) is 21.5 Å². The molecule has 0 unspecified atom stereocenters. The second-order valence-corrected chi connectivity index (χ2v) is 7.41. The number of aromatic nitrogens is 3. The van der Waals surface area contributed by atoms with Crippen LogP contribution in [0.5, 0.6) is 0 Å². The molecule has 0 saturated carbocycles. The first-order valence-electron chi connectivity index (χ1n) is 7.74. The van der Waals surface area contributed by atoms with Crippen LogP contribution in [0.4, 0.5) is 10.3 Å². The van der Waals surface area contributed by atoms with Crippen LogP contribution in [-0.4, -0.2) is 58.7 Å². The van der Waals surface area contributed by atoms with Crippen LogP contribution in [-0.2, 0) is 4.79 Å². The lowest BCUT2D eigenvalue weighted by atomic mass is 10.2. The Morgan fingerprint density at radius 3 is 2.75 bits per heavy atom. The molecule has 1 aliphatic rings. The summed E-state index contributed by atoms with van der Waals surface area (Å²) in [7, 11) is 0. The lowest BCUT2D eigenvalue weighted by Crippen LogP contribution is -2.46. The molecule has 3 heterocycles. The van der Waals surface area contributed by atoms with Crippen molar-refractivity contribution in [1.29, 1.82) is 0 Å². The van der Waals surface area contributed by atoms with E-state index >= 15 is 0 Å². The monoisotopic (exact) mass is 364 g/mol. The number of rotatable bonds is 5. The average molecular weight is 365 g/mol. The van der Waals surface area contributed by atoms with Gasteiger partial charge in [-0.05, 0) is 13.0 Å². The SMILES string of the molecule is CC(=O)Nc1nnc(N2CCN(C/C(C)=C/c3cscn3)CC2)s1. The van der Waals surface area contributed by atoms with Crippen LogP contribution in [0.15, 0.2) is 16.5 Å². The maximum Gasteiger partial charge on any atom is 0.223 e. The first kappa shape index (κ1) is 17.0. The van der Waals surface area contributed by atoms with Crippen molar-refractivity contribution in [3.05, 3.63) is 22.2 Å². The average Bonchev–Trinajstić information content (AvgIpc) is 3.19. The smallest absolute Gasteiger partial charge is 0.223 e. The van der Waals surface area contributed by atoms with Gasteiger partial charge in [0, 0.05) is 45.0 Å². The molecule has 1 amide bonds. The molecule has 1 N–H and O–H groups in total. The number of nitrogens with zero attached hydrogens (tertiary/aromatic N) is 5. The van der Waals surface area contributed by atoms with Gasteiger partial charge in [0.1, 0.15) is 0 Å². The normalized spacial score (nSPS) is 16.4. The molecular weight excluding hydrogens is 344 g/mol. The zero-order chi connectivity index (χ0) is 16.9. The molecule has 9 heteroatoms. The van der Waals surface area contributed by atoms with E-state index in [4.69, 9.17) is 0 Å². The third kappa shape index (κ3) is 4.59. The number of piperazine rings is 1. The second kappa shape index (κ2) is 7.82. The van der Waals surface area contributed by atoms with Crippen LogP contribution in [0, 0.1) is 0 Å². The van der Waals surface area contributed by atoms with E-state index in [2.05, 4.69) is 48.7 Å². The zero-order valence-corrected chi connectivity index (χ0v) is 15.4. The van der Waals surface area contributed by atoms with Crippen LogP contribution < -0.4 is 10.2 Å². The maximum atomic E-state index is 11.1. The van der Waals surface area contributed by atoms with Crippen LogP contribution in [0.25, 0.3) is 6.08 Å². The Bertz CT molecular complexity index is 703. The Labute approximate surface area is 149 Å². The molecule has 0 radical (unpaired) electrons. The maximum absolute atomic E-state index is 11.1. The predicted molar refractivity (Wildman–Crippen MR) is 98.6 cm³/mol. The fraction of sp³-hybridized carbons (Fsp3) is 0.467. The number of carbonyl (C=O) groups excluding carboxylic acids is 1. The molecule has 0 aliphatic carbocycles. The Hall–Kier alpha value is -1.84. The summed E-state index contributed by atoms with van der Waals surface area (Å²) in [5.74, 6) is -0.120. The number of thiazole rings is 1. The minimum atomic E-state index is -0.120. The van der Waals surface area contributed by atoms with Gasteiger partial charge in [-0.2, -0.15) is 0 Å². The van der Waals surface area contributed by atoms with Crippen molar-refractivity contribution in [3.8, 4) is 0 Å². The summed E-state index contributed by atoms with van der Waals surface area (Å²) >= 11 is 3.04. The Morgan fingerprint density at radius 1 is 1.29 bits per heavy atom. The fourth-order valence-corrected chi connectivity index (χ4v) is 3.94. The summed E-state index contributed by atoms with van der Waals surface area (Å²) in [6.07, 6.45) is 2.15. The van der Waals surface area contributed by atoms with E-state index in [-0.39, 0.29) is 5.91 Å². The molecule has 0 aromatic carbocycles. The molecule has 1 fully saturated rings. The van der Waals surface area contributed by atoms with Gasteiger partial charge in [-0.25, -0.2) is 4.98 Å². The summed E-state index contributed by atoms with van der Waals surface area (Å²) in [4.78, 5) is 20.0. The highest BCUT2D eigenvalue weighted by atomic mass is 32.1. The van der Waals surface area contributed by atoms with Gasteiger partial charge in [-0.3, -0.25) is 9.69 Å². The lowest BCUT2D eigenvalue weighted by molar-refractivity contribution is -0.114. The molecule has 7 nitrogen and oxygen atoms in total. The lowest BCUT2D eigenvalue weighted by Gasteiger charge is -2.34. The van der Waals surface area contributed by atoms with E-state index in [9.17, 15) is 4.79 Å². The van der Waals surface area contributed by atoms with Crippen molar-refractivity contribution in [2.45, 2.75) is 13.8 Å². The van der Waals surface area contributed by atoms with Gasteiger partial charge in [-0.1, -0.05) is 16.9 Å². The first-order chi connectivity index (χ1) is 11.6. The van der Waals surface area contributed by atoms with Crippen molar-refractivity contribution in [2.75, 3.05) is 42.9 Å². The van der Waals surface area contributed by atoms with E-state index < -0.39 is 0 Å². The highest BCUT2D eigenvalue weighted by Crippen LogP contribution is 2.25. The van der Waals surface area contributed by atoms with E-state index in [0.717, 1.165) is 43.5 Å². The van der Waals surface area contributed by atoms with Crippen LogP contribution in [0.3, 0.4) is 0 Å². The summed E-state index contributed by atoms with van der Waals surface area (Å²) in [6.45, 7) is 8.38. The predicted octanol–water partition coefficient (Wildman–Crippen LogP) is 2.18. The van der Waals surface area contributed by atoms with E-state index in [1.165, 1.54) is 23.8 Å². The number of nitrogens with one attached hydrogen (secondary N) is 1. The molecule has 0 spiro atoms. The molecule has 128 valence electrons. The molecule has 24 heavy (non-hydrogen) atoms. The van der Waals surface area contributed by atoms with Crippen molar-refractivity contribution >= 4 is 44.9 Å². The molecule has 2 aromatic rings. The molecule has 1 saturated heterocycles. The number of anilines is 2. The quantitative estimate of drug-likeness (QED) is 0.876. The van der Waals surface area contributed by atoms with Crippen LogP contribution in [0.1, 0.15) is 19.5 Å². The standard InChI is InChI=1S/C15H20N6OS2/c1-11(7-13-9-23-10-16-13)8-20-3-5-21(6-4-20)15-19-18-14(24-15)17-12(2)22/h7,9-10H,3-6,8H2,1-2H3,(H,17,18,22)/b11-7+. The summed E-state index contributed by atoms with van der Waals surface area (Å²) in [5, 5.41) is 14.3. The minimum absolute atomic E-state index is 0.120. The van der Waals surface area contributed by atoms with Gasteiger partial charge in [0.25, 0.3) is 0 Å². The zero-order valence-electron chi connectivity index (χ0n) is 13.7. The number of amides is 1. The highest BCUT2D eigenvalue weighted by molar-refractivity contribution is 7.19.